The zero-order valence-corrected chi connectivity index (χ0v) is 25.1. The van der Waals surface area contributed by atoms with Crippen LogP contribution in [0.15, 0.2) is 103 Å². The molecule has 0 heterocycles. The van der Waals surface area contributed by atoms with E-state index in [1.54, 1.807) is 47.4 Å². The molecule has 4 rings (SSSR count). The highest BCUT2D eigenvalue weighted by Gasteiger charge is 2.23. The lowest BCUT2D eigenvalue weighted by atomic mass is 10.00. The van der Waals surface area contributed by atoms with Gasteiger partial charge in [0.15, 0.2) is 5.78 Å². The van der Waals surface area contributed by atoms with Gasteiger partial charge in [0.05, 0.1) is 13.7 Å². The van der Waals surface area contributed by atoms with E-state index in [0.717, 1.165) is 11.3 Å². The van der Waals surface area contributed by atoms with Crippen LogP contribution >= 0.6 is 11.6 Å². The summed E-state index contributed by atoms with van der Waals surface area (Å²) < 4.78 is 11.0. The Hall–Kier alpha value is -4.62. The van der Waals surface area contributed by atoms with Crippen LogP contribution in [-0.4, -0.2) is 44.0 Å². The summed E-state index contributed by atoms with van der Waals surface area (Å²) >= 11 is 6.13. The van der Waals surface area contributed by atoms with Gasteiger partial charge in [0.2, 0.25) is 5.91 Å². The van der Waals surface area contributed by atoms with Gasteiger partial charge in [-0.05, 0) is 54.4 Å². The fourth-order valence-electron chi connectivity index (χ4n) is 4.68. The Morgan fingerprint density at radius 3 is 2.30 bits per heavy atom. The summed E-state index contributed by atoms with van der Waals surface area (Å²) in [6.45, 7) is 2.76. The summed E-state index contributed by atoms with van der Waals surface area (Å²) in [6, 6.07) is 30.2. The van der Waals surface area contributed by atoms with E-state index in [4.69, 9.17) is 21.1 Å². The molecule has 0 aliphatic heterocycles. The fraction of sp³-hybridized carbons (Fsp3) is 0.229. The number of esters is 1. The molecule has 0 saturated heterocycles. The van der Waals surface area contributed by atoms with Crippen LogP contribution in [0.4, 0.5) is 11.4 Å². The van der Waals surface area contributed by atoms with Gasteiger partial charge < -0.3 is 19.7 Å². The first-order chi connectivity index (χ1) is 20.9. The number of anilines is 2. The van der Waals surface area contributed by atoms with Crippen LogP contribution in [0.3, 0.4) is 0 Å². The quantitative estimate of drug-likeness (QED) is 0.0957. The molecule has 4 aromatic rings. The third-order valence-electron chi connectivity index (χ3n) is 6.90. The molecule has 0 bridgehead atoms. The maximum Gasteiger partial charge on any atom is 0.328 e. The Morgan fingerprint density at radius 2 is 1.60 bits per heavy atom. The average molecular weight is 599 g/mol. The van der Waals surface area contributed by atoms with E-state index in [-0.39, 0.29) is 11.7 Å². The number of halogens is 1. The number of carbonyl (C=O) groups is 3. The van der Waals surface area contributed by atoms with Gasteiger partial charge in [-0.25, -0.2) is 4.79 Å². The molecule has 0 radical (unpaired) electrons. The lowest BCUT2D eigenvalue weighted by molar-refractivity contribution is -0.141. The summed E-state index contributed by atoms with van der Waals surface area (Å²) in [4.78, 5) is 40.1. The molecule has 0 fully saturated rings. The van der Waals surface area contributed by atoms with Crippen molar-refractivity contribution < 1.29 is 23.9 Å². The van der Waals surface area contributed by atoms with Crippen LogP contribution in [0, 0.1) is 0 Å². The zero-order chi connectivity index (χ0) is 30.6. The lowest BCUT2D eigenvalue weighted by Crippen LogP contribution is -2.33. The molecule has 0 aliphatic carbocycles. The maximum atomic E-state index is 13.2. The Bertz CT molecular complexity index is 1530. The van der Waals surface area contributed by atoms with Crippen LogP contribution in [0.25, 0.3) is 0 Å². The molecule has 7 nitrogen and oxygen atoms in total. The molecule has 0 aromatic heterocycles. The van der Waals surface area contributed by atoms with Crippen LogP contribution in [0.5, 0.6) is 5.75 Å². The second kappa shape index (κ2) is 15.6. The number of nitrogens with zero attached hydrogens (tertiary/aromatic N) is 1. The molecular formula is C35H35ClN2O5. The molecule has 0 spiro atoms. The average Bonchev–Trinajstić information content (AvgIpc) is 3.04. The Balaban J connectivity index is 1.36. The molecule has 222 valence electrons. The normalized spacial score (nSPS) is 11.3. The third kappa shape index (κ3) is 8.69. The van der Waals surface area contributed by atoms with Crippen molar-refractivity contribution in [1.82, 2.24) is 0 Å². The predicted octanol–water partition coefficient (Wildman–Crippen LogP) is 6.98. The van der Waals surface area contributed by atoms with E-state index in [2.05, 4.69) is 5.32 Å². The largest absolute Gasteiger partial charge is 0.494 e. The molecule has 0 aliphatic rings. The molecule has 4 aromatic carbocycles. The Labute approximate surface area is 257 Å². The SMILES string of the molecule is CCC(=O)N(CCCOc1ccc(C[C@H](Nc2ccccc2C(=O)c2ccccc2)C(=O)OC)cc1)c1cccc(Cl)c1. The second-order valence-electron chi connectivity index (χ2n) is 9.89. The Morgan fingerprint density at radius 1 is 0.884 bits per heavy atom. The summed E-state index contributed by atoms with van der Waals surface area (Å²) in [5.74, 6) is 0.130. The summed E-state index contributed by atoms with van der Waals surface area (Å²) in [6.07, 6.45) is 1.37. The summed E-state index contributed by atoms with van der Waals surface area (Å²) in [5.41, 5.74) is 3.25. The van der Waals surface area contributed by atoms with Crippen molar-refractivity contribution in [3.05, 3.63) is 125 Å². The van der Waals surface area contributed by atoms with Crippen LogP contribution in [-0.2, 0) is 20.7 Å². The molecule has 1 amide bonds. The van der Waals surface area contributed by atoms with Crippen LogP contribution in [0.1, 0.15) is 41.3 Å². The number of hydrogen-bond acceptors (Lipinski definition) is 6. The van der Waals surface area contributed by atoms with Crippen molar-refractivity contribution >= 4 is 40.6 Å². The zero-order valence-electron chi connectivity index (χ0n) is 24.3. The van der Waals surface area contributed by atoms with Gasteiger partial charge in [-0.3, -0.25) is 9.59 Å². The number of hydrogen-bond donors (Lipinski definition) is 1. The Kier molecular flexibility index (Phi) is 11.3. The molecule has 0 unspecified atom stereocenters. The van der Waals surface area contributed by atoms with Crippen molar-refractivity contribution in [1.29, 1.82) is 0 Å². The number of ether oxygens (including phenoxy) is 2. The number of rotatable bonds is 14. The van der Waals surface area contributed by atoms with Crippen LogP contribution < -0.4 is 15.0 Å². The minimum Gasteiger partial charge on any atom is -0.494 e. The smallest absolute Gasteiger partial charge is 0.328 e. The summed E-state index contributed by atoms with van der Waals surface area (Å²) in [5, 5.41) is 3.81. The molecule has 1 atom stereocenters. The van der Waals surface area contributed by atoms with E-state index in [1.807, 2.05) is 67.6 Å². The number of benzene rings is 4. The number of methoxy groups -OCH3 is 1. The van der Waals surface area contributed by atoms with Gasteiger partial charge in [0, 0.05) is 46.9 Å². The van der Waals surface area contributed by atoms with E-state index >= 15 is 0 Å². The van der Waals surface area contributed by atoms with Crippen LogP contribution in [0.2, 0.25) is 5.02 Å². The maximum absolute atomic E-state index is 13.2. The van der Waals surface area contributed by atoms with Crippen molar-refractivity contribution in [2.45, 2.75) is 32.2 Å². The first-order valence-corrected chi connectivity index (χ1v) is 14.6. The monoisotopic (exact) mass is 598 g/mol. The van der Waals surface area contributed by atoms with Gasteiger partial charge in [-0.1, -0.05) is 79.2 Å². The highest BCUT2D eigenvalue weighted by molar-refractivity contribution is 6.30. The van der Waals surface area contributed by atoms with Crippen molar-refractivity contribution in [2.75, 3.05) is 30.5 Å². The minimum absolute atomic E-state index is 0.0208. The van der Waals surface area contributed by atoms with Crippen molar-refractivity contribution in [2.24, 2.45) is 0 Å². The first kappa shape index (κ1) is 31.3. The number of nitrogens with one attached hydrogen (secondary N) is 1. The fourth-order valence-corrected chi connectivity index (χ4v) is 4.86. The lowest BCUT2D eigenvalue weighted by Gasteiger charge is -2.22. The second-order valence-corrected chi connectivity index (χ2v) is 10.3. The molecule has 1 N–H and O–H groups in total. The van der Waals surface area contributed by atoms with E-state index in [9.17, 15) is 14.4 Å². The van der Waals surface area contributed by atoms with E-state index < -0.39 is 12.0 Å². The van der Waals surface area contributed by atoms with E-state index in [1.165, 1.54) is 7.11 Å². The van der Waals surface area contributed by atoms with Gasteiger partial charge in [-0.15, -0.1) is 0 Å². The summed E-state index contributed by atoms with van der Waals surface area (Å²) in [7, 11) is 1.34. The number of para-hydroxylation sites is 1. The molecular weight excluding hydrogens is 564 g/mol. The standard InChI is InChI=1S/C35H35ClN2O5/c1-3-33(39)38(28-14-9-13-27(36)24-28)21-10-22-43-29-19-17-25(18-20-29)23-32(35(41)42-2)37-31-16-8-7-15-30(31)34(40)26-11-5-4-6-12-26/h4-9,11-20,24,32,37H,3,10,21-23H2,1-2H3/t32-/m0/s1. The van der Waals surface area contributed by atoms with Crippen molar-refractivity contribution in [3.8, 4) is 5.75 Å². The van der Waals surface area contributed by atoms with Gasteiger partial charge in [0.25, 0.3) is 0 Å². The van der Waals surface area contributed by atoms with Gasteiger partial charge in [0.1, 0.15) is 11.8 Å². The van der Waals surface area contributed by atoms with Crippen molar-refractivity contribution in [3.63, 3.8) is 0 Å². The number of carbonyl (C=O) groups excluding carboxylic acids is 3. The molecule has 0 saturated carbocycles. The van der Waals surface area contributed by atoms with Gasteiger partial charge in [-0.2, -0.15) is 0 Å². The molecule has 8 heteroatoms. The first-order valence-electron chi connectivity index (χ1n) is 14.2. The minimum atomic E-state index is -0.713. The number of amides is 1. The molecule has 43 heavy (non-hydrogen) atoms. The number of ketones is 1. The van der Waals surface area contributed by atoms with E-state index in [0.29, 0.717) is 60.0 Å². The third-order valence-corrected chi connectivity index (χ3v) is 7.14. The van der Waals surface area contributed by atoms with Gasteiger partial charge >= 0.3 is 5.97 Å². The highest BCUT2D eigenvalue weighted by Crippen LogP contribution is 2.23. The highest BCUT2D eigenvalue weighted by atomic mass is 35.5. The predicted molar refractivity (Wildman–Crippen MR) is 170 cm³/mol. The topological polar surface area (TPSA) is 84.9 Å².